The maximum absolute atomic E-state index is 13.6. The Hall–Kier alpha value is -1.67. The molecule has 154 valence electrons. The third kappa shape index (κ3) is 9.19. The van der Waals surface area contributed by atoms with Crippen molar-refractivity contribution in [1.82, 2.24) is 15.5 Å². The van der Waals surface area contributed by atoms with Crippen LogP contribution in [0.3, 0.4) is 0 Å². The normalized spacial score (nSPS) is 12.7. The van der Waals surface area contributed by atoms with Crippen molar-refractivity contribution in [2.45, 2.75) is 46.0 Å². The van der Waals surface area contributed by atoms with Gasteiger partial charge in [-0.15, -0.1) is 0 Å². The molecule has 0 unspecified atom stereocenters. The van der Waals surface area contributed by atoms with Crippen molar-refractivity contribution in [3.05, 3.63) is 35.1 Å². The van der Waals surface area contributed by atoms with Gasteiger partial charge in [-0.05, 0) is 50.6 Å². The molecule has 2 N–H and O–H groups in total. The van der Waals surface area contributed by atoms with E-state index in [1.807, 2.05) is 6.92 Å². The van der Waals surface area contributed by atoms with Crippen LogP contribution in [0.1, 0.15) is 38.8 Å². The second kappa shape index (κ2) is 11.2. The molecule has 0 fully saturated rings. The van der Waals surface area contributed by atoms with Gasteiger partial charge in [-0.1, -0.05) is 13.0 Å². The van der Waals surface area contributed by atoms with Crippen LogP contribution in [0.15, 0.2) is 23.2 Å². The fourth-order valence-corrected chi connectivity index (χ4v) is 3.62. The van der Waals surface area contributed by atoms with Crippen molar-refractivity contribution in [2.75, 3.05) is 32.4 Å². The number of aliphatic imine (C=N–C) groups is 1. The van der Waals surface area contributed by atoms with E-state index >= 15 is 0 Å². The van der Waals surface area contributed by atoms with E-state index in [9.17, 15) is 12.8 Å². The van der Waals surface area contributed by atoms with Gasteiger partial charge in [0.25, 0.3) is 0 Å². The predicted octanol–water partition coefficient (Wildman–Crippen LogP) is 2.16. The van der Waals surface area contributed by atoms with E-state index in [0.717, 1.165) is 19.6 Å². The summed E-state index contributed by atoms with van der Waals surface area (Å²) in [5.74, 6) is 0.111. The van der Waals surface area contributed by atoms with E-state index in [1.165, 1.54) is 24.5 Å². The first-order valence-corrected chi connectivity index (χ1v) is 11.4. The van der Waals surface area contributed by atoms with Crippen molar-refractivity contribution >= 4 is 15.8 Å². The van der Waals surface area contributed by atoms with Gasteiger partial charge in [0, 0.05) is 31.9 Å². The summed E-state index contributed by atoms with van der Waals surface area (Å²) < 4.78 is 36.8. The Balaban J connectivity index is 2.84. The molecule has 0 radical (unpaired) electrons. The number of nitrogens with one attached hydrogen (secondary N) is 2. The Labute approximate surface area is 163 Å². The predicted molar refractivity (Wildman–Crippen MR) is 110 cm³/mol. The molecule has 0 saturated heterocycles. The number of hydrogen-bond donors (Lipinski definition) is 2. The molecule has 8 heteroatoms. The summed E-state index contributed by atoms with van der Waals surface area (Å²) >= 11 is 0. The first-order chi connectivity index (χ1) is 12.7. The van der Waals surface area contributed by atoms with Gasteiger partial charge < -0.3 is 10.6 Å². The molecule has 1 aromatic carbocycles. The topological polar surface area (TPSA) is 73.8 Å². The number of guanidine groups is 1. The lowest BCUT2D eigenvalue weighted by molar-refractivity contribution is 0.237. The van der Waals surface area contributed by atoms with Gasteiger partial charge in [0.2, 0.25) is 0 Å². The van der Waals surface area contributed by atoms with Crippen LogP contribution in [0, 0.1) is 5.82 Å². The molecule has 1 rings (SSSR count). The van der Waals surface area contributed by atoms with Crippen molar-refractivity contribution in [3.63, 3.8) is 0 Å². The highest BCUT2D eigenvalue weighted by Gasteiger charge is 2.11. The number of benzene rings is 1. The van der Waals surface area contributed by atoms with E-state index in [2.05, 4.69) is 41.3 Å². The van der Waals surface area contributed by atoms with Crippen LogP contribution < -0.4 is 10.6 Å². The van der Waals surface area contributed by atoms with Crippen LogP contribution in [-0.4, -0.2) is 57.8 Å². The molecule has 0 aliphatic carbocycles. The molecular formula is C19H33FN4O2S. The van der Waals surface area contributed by atoms with Gasteiger partial charge in [0.1, 0.15) is 5.82 Å². The Morgan fingerprint density at radius 3 is 2.48 bits per heavy atom. The molecule has 1 aromatic rings. The molecule has 6 nitrogen and oxygen atoms in total. The largest absolute Gasteiger partial charge is 0.357 e. The van der Waals surface area contributed by atoms with Gasteiger partial charge in [-0.3, -0.25) is 4.90 Å². The zero-order valence-corrected chi connectivity index (χ0v) is 17.9. The Bertz CT molecular complexity index is 720. The van der Waals surface area contributed by atoms with Crippen molar-refractivity contribution in [2.24, 2.45) is 4.99 Å². The van der Waals surface area contributed by atoms with E-state index in [1.54, 1.807) is 0 Å². The van der Waals surface area contributed by atoms with Crippen molar-refractivity contribution in [1.29, 1.82) is 0 Å². The van der Waals surface area contributed by atoms with Crippen LogP contribution in [-0.2, 0) is 22.1 Å². The summed E-state index contributed by atoms with van der Waals surface area (Å²) in [4.78, 5) is 6.84. The van der Waals surface area contributed by atoms with Gasteiger partial charge >= 0.3 is 0 Å². The average Bonchev–Trinajstić information content (AvgIpc) is 2.57. The summed E-state index contributed by atoms with van der Waals surface area (Å²) in [7, 11) is -3.20. The SMILES string of the molecule is CCNC(=NCc1cc(F)ccc1CS(C)(=O)=O)NCCN(CC)C(C)C. The maximum Gasteiger partial charge on any atom is 0.191 e. The minimum absolute atomic E-state index is 0.123. The van der Waals surface area contributed by atoms with Crippen LogP contribution in [0.25, 0.3) is 0 Å². The Kier molecular flexibility index (Phi) is 9.73. The van der Waals surface area contributed by atoms with Crippen LogP contribution in [0.2, 0.25) is 0 Å². The minimum atomic E-state index is -3.20. The quantitative estimate of drug-likeness (QED) is 0.465. The van der Waals surface area contributed by atoms with Gasteiger partial charge in [-0.25, -0.2) is 17.8 Å². The highest BCUT2D eigenvalue weighted by atomic mass is 32.2. The third-order valence-electron chi connectivity index (χ3n) is 4.17. The summed E-state index contributed by atoms with van der Waals surface area (Å²) in [6.07, 6.45) is 1.17. The summed E-state index contributed by atoms with van der Waals surface area (Å²) in [6.45, 7) is 11.9. The highest BCUT2D eigenvalue weighted by molar-refractivity contribution is 7.89. The molecule has 0 aliphatic rings. The fourth-order valence-electron chi connectivity index (χ4n) is 2.77. The smallest absolute Gasteiger partial charge is 0.191 e. The molecule has 27 heavy (non-hydrogen) atoms. The summed E-state index contributed by atoms with van der Waals surface area (Å²) in [6, 6.07) is 4.62. The fraction of sp³-hybridized carbons (Fsp3) is 0.632. The molecule has 0 atom stereocenters. The molecule has 0 aromatic heterocycles. The standard InChI is InChI=1S/C19H33FN4O2S/c1-6-21-19(22-10-11-24(7-2)15(3)4)23-13-17-12-18(20)9-8-16(17)14-27(5,25)26/h8-9,12,15H,6-7,10-11,13-14H2,1-5H3,(H2,21,22,23). The van der Waals surface area contributed by atoms with E-state index in [0.29, 0.717) is 29.7 Å². The summed E-state index contributed by atoms with van der Waals surface area (Å²) in [5, 5.41) is 6.44. The number of hydrogen-bond acceptors (Lipinski definition) is 4. The molecule has 0 bridgehead atoms. The van der Waals surface area contributed by atoms with E-state index in [4.69, 9.17) is 0 Å². The molecular weight excluding hydrogens is 367 g/mol. The number of likely N-dealkylation sites (N-methyl/N-ethyl adjacent to an activating group) is 1. The monoisotopic (exact) mass is 400 g/mol. The molecule has 0 heterocycles. The second-order valence-corrected chi connectivity index (χ2v) is 8.97. The lowest BCUT2D eigenvalue weighted by Crippen LogP contribution is -2.43. The number of sulfone groups is 1. The minimum Gasteiger partial charge on any atom is -0.357 e. The van der Waals surface area contributed by atoms with Gasteiger partial charge in [-0.2, -0.15) is 0 Å². The number of nitrogens with zero attached hydrogens (tertiary/aromatic N) is 2. The summed E-state index contributed by atoms with van der Waals surface area (Å²) in [5.41, 5.74) is 1.16. The lowest BCUT2D eigenvalue weighted by atomic mass is 10.1. The number of rotatable bonds is 10. The number of halogens is 1. The van der Waals surface area contributed by atoms with Gasteiger partial charge in [0.05, 0.1) is 12.3 Å². The average molecular weight is 401 g/mol. The van der Waals surface area contributed by atoms with Gasteiger partial charge in [0.15, 0.2) is 15.8 Å². The van der Waals surface area contributed by atoms with Crippen LogP contribution in [0.5, 0.6) is 0 Å². The van der Waals surface area contributed by atoms with Crippen LogP contribution in [0.4, 0.5) is 4.39 Å². The zero-order valence-electron chi connectivity index (χ0n) is 17.0. The zero-order chi connectivity index (χ0) is 20.4. The first kappa shape index (κ1) is 23.4. The first-order valence-electron chi connectivity index (χ1n) is 9.37. The van der Waals surface area contributed by atoms with E-state index < -0.39 is 15.7 Å². The molecule has 0 saturated carbocycles. The van der Waals surface area contributed by atoms with Crippen LogP contribution >= 0.6 is 0 Å². The molecule has 0 spiro atoms. The van der Waals surface area contributed by atoms with E-state index in [-0.39, 0.29) is 12.3 Å². The Morgan fingerprint density at radius 2 is 1.93 bits per heavy atom. The van der Waals surface area contributed by atoms with Crippen molar-refractivity contribution < 1.29 is 12.8 Å². The highest BCUT2D eigenvalue weighted by Crippen LogP contribution is 2.15. The molecule has 0 aliphatic heterocycles. The Morgan fingerprint density at radius 1 is 1.22 bits per heavy atom. The molecule has 0 amide bonds. The maximum atomic E-state index is 13.6. The second-order valence-electron chi connectivity index (χ2n) is 6.83. The lowest BCUT2D eigenvalue weighted by Gasteiger charge is -2.25. The van der Waals surface area contributed by atoms with Crippen molar-refractivity contribution in [3.8, 4) is 0 Å². The third-order valence-corrected chi connectivity index (χ3v) is 5.00.